The largest absolute Gasteiger partial charge is 0.389 e. The normalized spacial score (nSPS) is 14.3. The lowest BCUT2D eigenvalue weighted by molar-refractivity contribution is 0.560. The van der Waals surface area contributed by atoms with Gasteiger partial charge in [0.1, 0.15) is 10.8 Å². The molecule has 19 heavy (non-hydrogen) atoms. The van der Waals surface area contributed by atoms with E-state index in [0.29, 0.717) is 4.99 Å². The van der Waals surface area contributed by atoms with Gasteiger partial charge in [-0.25, -0.2) is 4.98 Å². The molecule has 0 spiro atoms. The van der Waals surface area contributed by atoms with Crippen LogP contribution >= 0.6 is 12.2 Å². The summed E-state index contributed by atoms with van der Waals surface area (Å²) in [5, 5.41) is 0. The highest BCUT2D eigenvalue weighted by atomic mass is 32.1. The van der Waals surface area contributed by atoms with E-state index in [1.807, 2.05) is 24.5 Å². The van der Waals surface area contributed by atoms with Gasteiger partial charge in [0.05, 0.1) is 6.54 Å². The smallest absolute Gasteiger partial charge is 0.128 e. The number of rotatable bonds is 2. The van der Waals surface area contributed by atoms with Gasteiger partial charge in [0.25, 0.3) is 0 Å². The molecule has 5 heteroatoms. The zero-order valence-corrected chi connectivity index (χ0v) is 11.7. The third-order valence-corrected chi connectivity index (χ3v) is 3.72. The van der Waals surface area contributed by atoms with Crippen molar-refractivity contribution in [1.29, 1.82) is 0 Å². The molecule has 3 rings (SSSR count). The van der Waals surface area contributed by atoms with E-state index in [9.17, 15) is 0 Å². The van der Waals surface area contributed by atoms with Crippen LogP contribution < -0.4 is 10.6 Å². The van der Waals surface area contributed by atoms with Gasteiger partial charge in [-0.05, 0) is 24.6 Å². The predicted octanol–water partition coefficient (Wildman–Crippen LogP) is 1.85. The topological polar surface area (TPSA) is 47.1 Å². The minimum absolute atomic E-state index is 0.448. The van der Waals surface area contributed by atoms with Gasteiger partial charge in [-0.3, -0.25) is 0 Å². The summed E-state index contributed by atoms with van der Waals surface area (Å²) >= 11 is 5.15. The zero-order chi connectivity index (χ0) is 13.4. The molecule has 1 aliphatic rings. The van der Waals surface area contributed by atoms with E-state index in [-0.39, 0.29) is 0 Å². The minimum Gasteiger partial charge on any atom is -0.389 e. The summed E-state index contributed by atoms with van der Waals surface area (Å²) in [5.74, 6) is 1.08. The van der Waals surface area contributed by atoms with Crippen molar-refractivity contribution in [3.8, 4) is 0 Å². The molecule has 2 heterocycles. The molecule has 0 fully saturated rings. The molecule has 1 aliphatic heterocycles. The highest BCUT2D eigenvalue weighted by Crippen LogP contribution is 2.25. The molecular formula is C14H16N4S. The first-order valence-electron chi connectivity index (χ1n) is 6.30. The Morgan fingerprint density at radius 2 is 2.21 bits per heavy atom. The van der Waals surface area contributed by atoms with Gasteiger partial charge in [0.2, 0.25) is 0 Å². The number of anilines is 1. The minimum atomic E-state index is 0.448. The Labute approximate surface area is 117 Å². The Morgan fingerprint density at radius 1 is 1.37 bits per heavy atom. The molecule has 1 aromatic heterocycles. The highest BCUT2D eigenvalue weighted by Gasteiger charge is 2.19. The first kappa shape index (κ1) is 12.2. The van der Waals surface area contributed by atoms with Gasteiger partial charge < -0.3 is 15.2 Å². The molecule has 4 nitrogen and oxygen atoms in total. The van der Waals surface area contributed by atoms with Crippen LogP contribution in [0, 0.1) is 6.92 Å². The van der Waals surface area contributed by atoms with Crippen LogP contribution in [-0.2, 0) is 13.1 Å². The van der Waals surface area contributed by atoms with Crippen molar-refractivity contribution in [2.24, 2.45) is 5.73 Å². The molecular weight excluding hydrogens is 256 g/mol. The molecule has 0 saturated carbocycles. The second-order valence-electron chi connectivity index (χ2n) is 4.84. The Kier molecular flexibility index (Phi) is 2.98. The molecule has 0 bridgehead atoms. The van der Waals surface area contributed by atoms with E-state index >= 15 is 0 Å². The predicted molar refractivity (Wildman–Crippen MR) is 80.3 cm³/mol. The fourth-order valence-electron chi connectivity index (χ4n) is 2.49. The summed E-state index contributed by atoms with van der Waals surface area (Å²) in [7, 11) is 0. The third-order valence-electron chi connectivity index (χ3n) is 3.50. The Balaban J connectivity index is 1.99. The van der Waals surface area contributed by atoms with Crippen LogP contribution in [0.2, 0.25) is 0 Å². The molecule has 0 atom stereocenters. The van der Waals surface area contributed by atoms with Crippen molar-refractivity contribution < 1.29 is 0 Å². The fraction of sp³-hybridized carbons (Fsp3) is 0.286. The van der Waals surface area contributed by atoms with Crippen LogP contribution in [0.5, 0.6) is 0 Å². The van der Waals surface area contributed by atoms with Crippen LogP contribution in [-0.4, -0.2) is 21.1 Å². The second-order valence-corrected chi connectivity index (χ2v) is 5.28. The van der Waals surface area contributed by atoms with Gasteiger partial charge in [0, 0.05) is 36.7 Å². The average molecular weight is 272 g/mol. The lowest BCUT2D eigenvalue weighted by Gasteiger charge is -2.31. The number of hydrogen-bond donors (Lipinski definition) is 1. The number of aromatic nitrogens is 2. The second kappa shape index (κ2) is 4.66. The van der Waals surface area contributed by atoms with Gasteiger partial charge in [0.15, 0.2) is 0 Å². The first-order valence-corrected chi connectivity index (χ1v) is 6.71. The summed E-state index contributed by atoms with van der Waals surface area (Å²) in [6.07, 6.45) is 3.88. The Hall–Kier alpha value is -1.88. The number of nitrogens with two attached hydrogens (primary N) is 1. The van der Waals surface area contributed by atoms with Crippen molar-refractivity contribution in [2.45, 2.75) is 20.0 Å². The van der Waals surface area contributed by atoms with Crippen molar-refractivity contribution in [3.05, 3.63) is 47.5 Å². The van der Waals surface area contributed by atoms with E-state index in [4.69, 9.17) is 18.0 Å². The average Bonchev–Trinajstić information content (AvgIpc) is 2.85. The van der Waals surface area contributed by atoms with Crippen LogP contribution in [0.1, 0.15) is 17.0 Å². The molecule has 2 N–H and O–H groups in total. The SMILES string of the molecule is Cc1ccc(C(N)=S)c(N2CCn3ccnc3C2)c1. The number of hydrogen-bond acceptors (Lipinski definition) is 3. The van der Waals surface area contributed by atoms with Crippen LogP contribution in [0.15, 0.2) is 30.6 Å². The molecule has 0 amide bonds. The van der Waals surface area contributed by atoms with E-state index in [2.05, 4.69) is 27.4 Å². The van der Waals surface area contributed by atoms with Crippen LogP contribution in [0.3, 0.4) is 0 Å². The molecule has 0 saturated heterocycles. The van der Waals surface area contributed by atoms with E-state index in [0.717, 1.165) is 36.7 Å². The maximum Gasteiger partial charge on any atom is 0.128 e. The first-order chi connectivity index (χ1) is 9.15. The van der Waals surface area contributed by atoms with E-state index in [1.165, 1.54) is 5.56 Å². The summed E-state index contributed by atoms with van der Waals surface area (Å²) in [4.78, 5) is 7.13. The number of aryl methyl sites for hydroxylation is 1. The molecule has 0 aliphatic carbocycles. The van der Waals surface area contributed by atoms with Crippen molar-refractivity contribution >= 4 is 22.9 Å². The van der Waals surface area contributed by atoms with Gasteiger partial charge in [-0.2, -0.15) is 0 Å². The lowest BCUT2D eigenvalue weighted by Crippen LogP contribution is -2.35. The fourth-order valence-corrected chi connectivity index (χ4v) is 2.66. The third kappa shape index (κ3) is 2.21. The molecule has 1 aromatic carbocycles. The van der Waals surface area contributed by atoms with Crippen LogP contribution in [0.4, 0.5) is 5.69 Å². The van der Waals surface area contributed by atoms with Gasteiger partial charge >= 0.3 is 0 Å². The number of fused-ring (bicyclic) bond motifs is 1. The van der Waals surface area contributed by atoms with Gasteiger partial charge in [-0.1, -0.05) is 18.3 Å². The number of nitrogens with zero attached hydrogens (tertiary/aromatic N) is 3. The summed E-state index contributed by atoms with van der Waals surface area (Å²) < 4.78 is 2.19. The summed E-state index contributed by atoms with van der Waals surface area (Å²) in [6.45, 7) is 4.77. The maximum absolute atomic E-state index is 5.83. The molecule has 0 radical (unpaired) electrons. The van der Waals surface area contributed by atoms with Crippen molar-refractivity contribution in [3.63, 3.8) is 0 Å². The Morgan fingerprint density at radius 3 is 3.00 bits per heavy atom. The van der Waals surface area contributed by atoms with Crippen LogP contribution in [0.25, 0.3) is 0 Å². The quantitative estimate of drug-likeness (QED) is 0.848. The zero-order valence-electron chi connectivity index (χ0n) is 10.8. The van der Waals surface area contributed by atoms with E-state index < -0.39 is 0 Å². The number of benzene rings is 1. The highest BCUT2D eigenvalue weighted by molar-refractivity contribution is 7.80. The Bertz CT molecular complexity index is 632. The van der Waals surface area contributed by atoms with E-state index in [1.54, 1.807) is 0 Å². The summed E-state index contributed by atoms with van der Waals surface area (Å²) in [6, 6.07) is 6.20. The van der Waals surface area contributed by atoms with Gasteiger partial charge in [-0.15, -0.1) is 0 Å². The number of thiocarbonyl (C=S) groups is 1. The standard InChI is InChI=1S/C14H16N4S/c1-10-2-3-11(14(15)19)12(8-10)18-7-6-17-5-4-16-13(17)9-18/h2-5,8H,6-7,9H2,1H3,(H2,15,19). The molecule has 2 aromatic rings. The maximum atomic E-state index is 5.83. The monoisotopic (exact) mass is 272 g/mol. The lowest BCUT2D eigenvalue weighted by atomic mass is 10.1. The molecule has 98 valence electrons. The van der Waals surface area contributed by atoms with Crippen molar-refractivity contribution in [2.75, 3.05) is 11.4 Å². The van der Waals surface area contributed by atoms with Crippen molar-refractivity contribution in [1.82, 2.24) is 9.55 Å². The number of imidazole rings is 1. The molecule has 0 unspecified atom stereocenters. The summed E-state index contributed by atoms with van der Waals surface area (Å²) in [5.41, 5.74) is 9.10.